The van der Waals surface area contributed by atoms with Crippen molar-refractivity contribution in [1.29, 1.82) is 0 Å². The van der Waals surface area contributed by atoms with E-state index in [9.17, 15) is 9.59 Å². The Balaban J connectivity index is 1.77. The van der Waals surface area contributed by atoms with Gasteiger partial charge in [-0.25, -0.2) is 0 Å². The highest BCUT2D eigenvalue weighted by Gasteiger charge is 2.20. The zero-order chi connectivity index (χ0) is 15.7. The highest BCUT2D eigenvalue weighted by Crippen LogP contribution is 2.23. The summed E-state index contributed by atoms with van der Waals surface area (Å²) in [7, 11) is 3.58. The van der Waals surface area contributed by atoms with Crippen molar-refractivity contribution in [2.75, 3.05) is 0 Å². The van der Waals surface area contributed by atoms with Crippen LogP contribution in [0.25, 0.3) is 0 Å². The number of carbonyl (C=O) groups is 1. The maximum Gasteiger partial charge on any atom is 0.263 e. The van der Waals surface area contributed by atoms with Gasteiger partial charge in [-0.3, -0.25) is 14.3 Å². The first-order valence-electron chi connectivity index (χ1n) is 7.55. The van der Waals surface area contributed by atoms with Gasteiger partial charge in [-0.1, -0.05) is 0 Å². The molecule has 0 unspecified atom stereocenters. The third kappa shape index (κ3) is 2.56. The summed E-state index contributed by atoms with van der Waals surface area (Å²) in [5, 5.41) is 7.34. The van der Waals surface area contributed by atoms with E-state index in [0.29, 0.717) is 6.54 Å². The van der Waals surface area contributed by atoms with E-state index in [0.717, 1.165) is 18.5 Å². The van der Waals surface area contributed by atoms with E-state index in [4.69, 9.17) is 0 Å². The number of aryl methyl sites for hydroxylation is 2. The Kier molecular flexibility index (Phi) is 3.83. The van der Waals surface area contributed by atoms with Gasteiger partial charge in [0.25, 0.3) is 11.5 Å². The third-order valence-electron chi connectivity index (χ3n) is 4.23. The average molecular weight is 300 g/mol. The Morgan fingerprint density at radius 1 is 1.32 bits per heavy atom. The molecule has 1 aliphatic rings. The van der Waals surface area contributed by atoms with Crippen molar-refractivity contribution in [2.24, 2.45) is 14.1 Å². The first kappa shape index (κ1) is 14.6. The molecule has 6 nitrogen and oxygen atoms in total. The Morgan fingerprint density at radius 3 is 2.91 bits per heavy atom. The van der Waals surface area contributed by atoms with E-state index >= 15 is 0 Å². The summed E-state index contributed by atoms with van der Waals surface area (Å²) >= 11 is 0. The van der Waals surface area contributed by atoms with Crippen molar-refractivity contribution in [3.8, 4) is 0 Å². The van der Waals surface area contributed by atoms with Gasteiger partial charge in [0.1, 0.15) is 5.56 Å². The van der Waals surface area contributed by atoms with Crippen LogP contribution in [-0.4, -0.2) is 20.3 Å². The molecule has 0 bridgehead atoms. The second kappa shape index (κ2) is 5.79. The van der Waals surface area contributed by atoms with E-state index in [2.05, 4.69) is 10.4 Å². The molecule has 0 saturated carbocycles. The summed E-state index contributed by atoms with van der Waals surface area (Å²) in [6.07, 6.45) is 6.05. The van der Waals surface area contributed by atoms with Crippen molar-refractivity contribution in [3.63, 3.8) is 0 Å². The monoisotopic (exact) mass is 300 g/mol. The fourth-order valence-electron chi connectivity index (χ4n) is 3.03. The first-order chi connectivity index (χ1) is 10.6. The fraction of sp³-hybridized carbons (Fsp3) is 0.438. The van der Waals surface area contributed by atoms with Crippen LogP contribution in [0, 0.1) is 0 Å². The van der Waals surface area contributed by atoms with Crippen LogP contribution in [0.3, 0.4) is 0 Å². The number of carbonyl (C=O) groups excluding carboxylic acids is 1. The normalized spacial score (nSPS) is 13.7. The van der Waals surface area contributed by atoms with Gasteiger partial charge in [0.15, 0.2) is 0 Å². The summed E-state index contributed by atoms with van der Waals surface area (Å²) in [6.45, 7) is 0.361. The highest BCUT2D eigenvalue weighted by atomic mass is 16.2. The zero-order valence-corrected chi connectivity index (χ0v) is 12.9. The summed E-state index contributed by atoms with van der Waals surface area (Å²) in [5.41, 5.74) is 3.32. The number of hydrogen-bond donors (Lipinski definition) is 1. The molecule has 2 aromatic rings. The van der Waals surface area contributed by atoms with E-state index < -0.39 is 0 Å². The van der Waals surface area contributed by atoms with Gasteiger partial charge in [-0.15, -0.1) is 0 Å². The molecule has 0 atom stereocenters. The number of pyridine rings is 1. The topological polar surface area (TPSA) is 68.9 Å². The van der Waals surface area contributed by atoms with Crippen LogP contribution in [0.1, 0.15) is 40.2 Å². The molecule has 0 saturated heterocycles. The molecule has 1 amide bonds. The van der Waals surface area contributed by atoms with Crippen LogP contribution in [0.4, 0.5) is 0 Å². The summed E-state index contributed by atoms with van der Waals surface area (Å²) < 4.78 is 3.31. The zero-order valence-electron chi connectivity index (χ0n) is 12.9. The van der Waals surface area contributed by atoms with E-state index in [1.54, 1.807) is 25.4 Å². The van der Waals surface area contributed by atoms with Gasteiger partial charge >= 0.3 is 0 Å². The molecule has 6 heteroatoms. The number of nitrogens with one attached hydrogen (secondary N) is 1. The largest absolute Gasteiger partial charge is 0.346 e. The number of fused-ring (bicyclic) bond motifs is 1. The van der Waals surface area contributed by atoms with Gasteiger partial charge in [-0.05, 0) is 43.4 Å². The molecule has 0 spiro atoms. The Morgan fingerprint density at radius 2 is 2.09 bits per heavy atom. The van der Waals surface area contributed by atoms with Crippen LogP contribution < -0.4 is 10.9 Å². The molecule has 0 aliphatic heterocycles. The number of rotatable bonds is 3. The quantitative estimate of drug-likeness (QED) is 0.917. The maximum absolute atomic E-state index is 12.2. The molecular formula is C16H20N4O2. The van der Waals surface area contributed by atoms with Crippen molar-refractivity contribution < 1.29 is 4.79 Å². The molecule has 0 fully saturated rings. The van der Waals surface area contributed by atoms with Gasteiger partial charge in [0.2, 0.25) is 0 Å². The van der Waals surface area contributed by atoms with Gasteiger partial charge in [-0.2, -0.15) is 5.10 Å². The summed E-state index contributed by atoms with van der Waals surface area (Å²) in [6, 6.07) is 3.24. The lowest BCUT2D eigenvalue weighted by molar-refractivity contribution is 0.0948. The number of amides is 1. The van der Waals surface area contributed by atoms with Crippen LogP contribution in [0.2, 0.25) is 0 Å². The maximum atomic E-state index is 12.2. The lowest BCUT2D eigenvalue weighted by atomic mass is 9.96. The minimum absolute atomic E-state index is 0.162. The van der Waals surface area contributed by atoms with Gasteiger partial charge in [0.05, 0.1) is 12.2 Å². The summed E-state index contributed by atoms with van der Waals surface area (Å²) in [5.74, 6) is -0.351. The number of hydrogen-bond acceptors (Lipinski definition) is 3. The van der Waals surface area contributed by atoms with Crippen molar-refractivity contribution in [3.05, 3.63) is 51.2 Å². The standard InChI is InChI=1S/C16H20N4O2/c1-19-9-5-7-12(16(19)22)15(21)17-10-13-11-6-3-4-8-14(11)20(2)18-13/h5,7,9H,3-4,6,8,10H2,1-2H3,(H,17,21). The second-order valence-electron chi connectivity index (χ2n) is 5.72. The molecule has 1 aliphatic carbocycles. The lowest BCUT2D eigenvalue weighted by Gasteiger charge is -2.12. The van der Waals surface area contributed by atoms with Gasteiger partial charge < -0.3 is 9.88 Å². The molecule has 116 valence electrons. The molecule has 22 heavy (non-hydrogen) atoms. The Bertz CT molecular complexity index is 773. The Labute approximate surface area is 128 Å². The van der Waals surface area contributed by atoms with E-state index in [1.807, 2.05) is 11.7 Å². The van der Waals surface area contributed by atoms with Crippen molar-refractivity contribution in [2.45, 2.75) is 32.2 Å². The highest BCUT2D eigenvalue weighted by molar-refractivity contribution is 5.93. The number of nitrogens with zero attached hydrogens (tertiary/aromatic N) is 3. The fourth-order valence-corrected chi connectivity index (χ4v) is 3.03. The predicted molar refractivity (Wildman–Crippen MR) is 82.7 cm³/mol. The Hall–Kier alpha value is -2.37. The molecule has 2 aromatic heterocycles. The first-order valence-corrected chi connectivity index (χ1v) is 7.55. The molecule has 1 N–H and O–H groups in total. The molecule has 0 radical (unpaired) electrons. The van der Waals surface area contributed by atoms with Crippen LogP contribution in [0.5, 0.6) is 0 Å². The lowest BCUT2D eigenvalue weighted by Crippen LogP contribution is -2.31. The molecule has 0 aromatic carbocycles. The van der Waals surface area contributed by atoms with E-state index in [1.165, 1.54) is 28.7 Å². The molecular weight excluding hydrogens is 280 g/mol. The SMILES string of the molecule is Cn1nc(CNC(=O)c2cccn(C)c2=O)c2c1CCCC2. The third-order valence-corrected chi connectivity index (χ3v) is 4.23. The summed E-state index contributed by atoms with van der Waals surface area (Å²) in [4.78, 5) is 24.1. The molecule has 2 heterocycles. The molecule has 3 rings (SSSR count). The second-order valence-corrected chi connectivity index (χ2v) is 5.72. The van der Waals surface area contributed by atoms with Crippen LogP contribution in [-0.2, 0) is 33.5 Å². The average Bonchev–Trinajstić information content (AvgIpc) is 2.84. The smallest absolute Gasteiger partial charge is 0.263 e. The van der Waals surface area contributed by atoms with Crippen molar-refractivity contribution in [1.82, 2.24) is 19.7 Å². The minimum Gasteiger partial charge on any atom is -0.346 e. The predicted octanol–water partition coefficient (Wildman–Crippen LogP) is 0.928. The van der Waals surface area contributed by atoms with Gasteiger partial charge in [0, 0.05) is 26.0 Å². The number of aromatic nitrogens is 3. The van der Waals surface area contributed by atoms with Crippen LogP contribution in [0.15, 0.2) is 23.1 Å². The van der Waals surface area contributed by atoms with E-state index in [-0.39, 0.29) is 17.0 Å². The van der Waals surface area contributed by atoms with Crippen LogP contribution >= 0.6 is 0 Å². The van der Waals surface area contributed by atoms with Crippen molar-refractivity contribution >= 4 is 5.91 Å². The minimum atomic E-state index is -0.351.